The Morgan fingerprint density at radius 3 is 2.42 bits per heavy atom. The second-order valence-electron chi connectivity index (χ2n) is 3.73. The van der Waals surface area contributed by atoms with E-state index in [0.29, 0.717) is 11.4 Å². The van der Waals surface area contributed by atoms with Gasteiger partial charge in [-0.3, -0.25) is 4.31 Å². The number of halogens is 1. The fourth-order valence-electron chi connectivity index (χ4n) is 1.54. The Hall–Kier alpha value is -1.60. The van der Waals surface area contributed by atoms with Crippen molar-refractivity contribution in [2.45, 2.75) is 4.21 Å². The van der Waals surface area contributed by atoms with Crippen molar-refractivity contribution < 1.29 is 17.5 Å². The molecule has 0 saturated carbocycles. The first-order valence-corrected chi connectivity index (χ1v) is 7.65. The van der Waals surface area contributed by atoms with Crippen molar-refractivity contribution >= 4 is 27.0 Å². The molecule has 0 aliphatic heterocycles. The highest BCUT2D eigenvalue weighted by atomic mass is 32.2. The number of benzene rings is 1. The average molecular weight is 301 g/mol. The maximum atomic E-state index is 12.9. The predicted molar refractivity (Wildman–Crippen MR) is 72.9 cm³/mol. The summed E-state index contributed by atoms with van der Waals surface area (Å²) >= 11 is 1.08. The predicted octanol–water partition coefficient (Wildman–Crippen LogP) is 2.72. The van der Waals surface area contributed by atoms with E-state index in [1.165, 1.54) is 38.4 Å². The molecule has 7 heteroatoms. The van der Waals surface area contributed by atoms with E-state index in [1.807, 2.05) is 0 Å². The van der Waals surface area contributed by atoms with Crippen molar-refractivity contribution in [3.05, 3.63) is 41.5 Å². The van der Waals surface area contributed by atoms with E-state index in [-0.39, 0.29) is 4.21 Å². The second-order valence-corrected chi connectivity index (χ2v) is 6.81. The normalized spacial score (nSPS) is 11.3. The molecule has 0 spiro atoms. The van der Waals surface area contributed by atoms with E-state index in [2.05, 4.69) is 0 Å². The lowest BCUT2D eigenvalue weighted by Crippen LogP contribution is -2.26. The molecule has 1 aromatic heterocycles. The van der Waals surface area contributed by atoms with Crippen LogP contribution in [0, 0.1) is 5.82 Å². The number of hydrogen-bond acceptors (Lipinski definition) is 4. The van der Waals surface area contributed by atoms with E-state index in [1.54, 1.807) is 11.4 Å². The molecule has 19 heavy (non-hydrogen) atoms. The third kappa shape index (κ3) is 2.57. The lowest BCUT2D eigenvalue weighted by atomic mass is 10.3. The topological polar surface area (TPSA) is 46.6 Å². The van der Waals surface area contributed by atoms with Crippen molar-refractivity contribution in [1.82, 2.24) is 0 Å². The van der Waals surface area contributed by atoms with Crippen LogP contribution >= 0.6 is 11.3 Å². The van der Waals surface area contributed by atoms with Crippen molar-refractivity contribution in [3.63, 3.8) is 0 Å². The van der Waals surface area contributed by atoms with Crippen LogP contribution in [0.4, 0.5) is 10.1 Å². The first kappa shape index (κ1) is 13.8. The Bertz CT molecular complexity index is 665. The van der Waals surface area contributed by atoms with Crippen molar-refractivity contribution in [2.75, 3.05) is 18.5 Å². The molecule has 0 N–H and O–H groups in total. The zero-order chi connectivity index (χ0) is 14.0. The Labute approximate surface area is 115 Å². The van der Waals surface area contributed by atoms with Crippen LogP contribution in [0.1, 0.15) is 0 Å². The minimum Gasteiger partial charge on any atom is -0.494 e. The highest BCUT2D eigenvalue weighted by Gasteiger charge is 2.26. The van der Waals surface area contributed by atoms with Crippen LogP contribution < -0.4 is 9.04 Å². The van der Waals surface area contributed by atoms with Crippen LogP contribution in [-0.2, 0) is 10.0 Å². The summed E-state index contributed by atoms with van der Waals surface area (Å²) in [5.41, 5.74) is 0.386. The van der Waals surface area contributed by atoms with Gasteiger partial charge in [0.2, 0.25) is 0 Å². The zero-order valence-corrected chi connectivity index (χ0v) is 12.0. The Balaban J connectivity index is 2.42. The van der Waals surface area contributed by atoms with Crippen molar-refractivity contribution in [2.24, 2.45) is 0 Å². The van der Waals surface area contributed by atoms with Gasteiger partial charge in [0.25, 0.3) is 10.0 Å². The van der Waals surface area contributed by atoms with Gasteiger partial charge in [0.1, 0.15) is 11.6 Å². The number of methoxy groups -OCH3 is 1. The molecule has 0 unspecified atom stereocenters. The molecule has 4 nitrogen and oxygen atoms in total. The summed E-state index contributed by atoms with van der Waals surface area (Å²) in [6, 6.07) is 6.84. The number of rotatable bonds is 4. The van der Waals surface area contributed by atoms with E-state index in [4.69, 9.17) is 4.74 Å². The van der Waals surface area contributed by atoms with Crippen molar-refractivity contribution in [1.29, 1.82) is 0 Å². The monoisotopic (exact) mass is 301 g/mol. The summed E-state index contributed by atoms with van der Waals surface area (Å²) in [4.78, 5) is 0. The standard InChI is InChI=1S/C12H12FNO3S2/c1-14(10-5-3-9(13)4-6-10)19(15,16)12-11(17-2)7-8-18-12/h3-8H,1-2H3. The van der Waals surface area contributed by atoms with Gasteiger partial charge in [-0.05, 0) is 35.7 Å². The van der Waals surface area contributed by atoms with Crippen LogP contribution in [0.15, 0.2) is 39.9 Å². The number of hydrogen-bond donors (Lipinski definition) is 0. The van der Waals surface area contributed by atoms with Crippen molar-refractivity contribution in [3.8, 4) is 5.75 Å². The van der Waals surface area contributed by atoms with Gasteiger partial charge in [-0.15, -0.1) is 11.3 Å². The number of nitrogens with zero attached hydrogens (tertiary/aromatic N) is 1. The third-order valence-corrected chi connectivity index (χ3v) is 5.81. The van der Waals surface area contributed by atoms with Crippen LogP contribution in [0.2, 0.25) is 0 Å². The molecule has 0 radical (unpaired) electrons. The minimum atomic E-state index is -3.70. The Kier molecular flexibility index (Phi) is 3.77. The first-order chi connectivity index (χ1) is 8.96. The summed E-state index contributed by atoms with van der Waals surface area (Å²) in [6.07, 6.45) is 0. The molecule has 0 aliphatic carbocycles. The highest BCUT2D eigenvalue weighted by Crippen LogP contribution is 2.33. The fourth-order valence-corrected chi connectivity index (χ4v) is 4.16. The molecule has 1 heterocycles. The first-order valence-electron chi connectivity index (χ1n) is 5.33. The van der Waals surface area contributed by atoms with Crippen LogP contribution in [0.25, 0.3) is 0 Å². The van der Waals surface area contributed by atoms with Crippen LogP contribution in [0.5, 0.6) is 5.75 Å². The molecule has 102 valence electrons. The summed E-state index contributed by atoms with van der Waals surface area (Å²) in [5, 5.41) is 1.64. The molecular formula is C12H12FNO3S2. The van der Waals surface area contributed by atoms with Crippen LogP contribution in [0.3, 0.4) is 0 Å². The van der Waals surface area contributed by atoms with Gasteiger partial charge in [0.15, 0.2) is 4.21 Å². The molecular weight excluding hydrogens is 289 g/mol. The van der Waals surface area contributed by atoms with E-state index in [9.17, 15) is 12.8 Å². The number of anilines is 1. The maximum absolute atomic E-state index is 12.9. The summed E-state index contributed by atoms with van der Waals surface area (Å²) in [5.74, 6) is -0.109. The lowest BCUT2D eigenvalue weighted by Gasteiger charge is -2.19. The largest absolute Gasteiger partial charge is 0.494 e. The zero-order valence-electron chi connectivity index (χ0n) is 10.3. The average Bonchev–Trinajstić information content (AvgIpc) is 2.87. The fraction of sp³-hybridized carbons (Fsp3) is 0.167. The van der Waals surface area contributed by atoms with Gasteiger partial charge in [-0.2, -0.15) is 0 Å². The molecule has 0 atom stereocenters. The molecule has 0 saturated heterocycles. The molecule has 0 amide bonds. The summed E-state index contributed by atoms with van der Waals surface area (Å²) in [6.45, 7) is 0. The lowest BCUT2D eigenvalue weighted by molar-refractivity contribution is 0.406. The van der Waals surface area contributed by atoms with E-state index in [0.717, 1.165) is 15.6 Å². The number of thiophene rings is 1. The Morgan fingerprint density at radius 2 is 1.84 bits per heavy atom. The number of ether oxygens (including phenoxy) is 1. The smallest absolute Gasteiger partial charge is 0.277 e. The van der Waals surface area contributed by atoms with Gasteiger partial charge in [-0.25, -0.2) is 12.8 Å². The second kappa shape index (κ2) is 5.18. The van der Waals surface area contributed by atoms with Gasteiger partial charge < -0.3 is 4.74 Å². The number of sulfonamides is 1. The Morgan fingerprint density at radius 1 is 1.21 bits per heavy atom. The maximum Gasteiger partial charge on any atom is 0.277 e. The molecule has 1 aromatic carbocycles. The van der Waals surface area contributed by atoms with Gasteiger partial charge in [0, 0.05) is 7.05 Å². The van der Waals surface area contributed by atoms with Gasteiger partial charge in [-0.1, -0.05) is 0 Å². The molecule has 0 bridgehead atoms. The quantitative estimate of drug-likeness (QED) is 0.872. The van der Waals surface area contributed by atoms with E-state index < -0.39 is 15.8 Å². The highest BCUT2D eigenvalue weighted by molar-refractivity contribution is 7.94. The molecule has 0 fully saturated rings. The molecule has 2 rings (SSSR count). The molecule has 2 aromatic rings. The summed E-state index contributed by atoms with van der Waals surface area (Å²) < 4.78 is 43.9. The van der Waals surface area contributed by atoms with Crippen LogP contribution in [-0.4, -0.2) is 22.6 Å². The van der Waals surface area contributed by atoms with Gasteiger partial charge >= 0.3 is 0 Å². The SMILES string of the molecule is COc1ccsc1S(=O)(=O)N(C)c1ccc(F)cc1. The minimum absolute atomic E-state index is 0.127. The molecule has 0 aliphatic rings. The van der Waals surface area contributed by atoms with Gasteiger partial charge in [0.05, 0.1) is 12.8 Å². The summed E-state index contributed by atoms with van der Waals surface area (Å²) in [7, 11) is -0.866. The third-order valence-electron chi connectivity index (χ3n) is 2.60. The van der Waals surface area contributed by atoms with E-state index >= 15 is 0 Å².